The van der Waals surface area contributed by atoms with E-state index in [1.54, 1.807) is 0 Å². The first-order valence-corrected chi connectivity index (χ1v) is 6.43. The molecule has 0 aliphatic heterocycles. The average molecular weight is 267 g/mol. The molecular formula is C14H19Br. The summed E-state index contributed by atoms with van der Waals surface area (Å²) < 4.78 is 1.21. The Balaban J connectivity index is 2.58. The lowest BCUT2D eigenvalue weighted by atomic mass is 9.57. The van der Waals surface area contributed by atoms with Crippen molar-refractivity contribution in [2.75, 3.05) is 0 Å². The molecule has 0 fully saturated rings. The molecule has 1 heteroatoms. The lowest BCUT2D eigenvalue weighted by Crippen LogP contribution is -2.40. The molecule has 82 valence electrons. The molecule has 0 radical (unpaired) electrons. The maximum atomic E-state index is 3.56. The summed E-state index contributed by atoms with van der Waals surface area (Å²) in [6.45, 7) is 9.52. The van der Waals surface area contributed by atoms with Gasteiger partial charge in [0.2, 0.25) is 0 Å². The van der Waals surface area contributed by atoms with Crippen LogP contribution in [0.5, 0.6) is 0 Å². The van der Waals surface area contributed by atoms with Crippen molar-refractivity contribution in [3.8, 4) is 0 Å². The Kier molecular flexibility index (Phi) is 2.50. The molecule has 0 amide bonds. The van der Waals surface area contributed by atoms with Crippen LogP contribution in [0.15, 0.2) is 22.7 Å². The van der Waals surface area contributed by atoms with Crippen LogP contribution in [0, 0.1) is 5.41 Å². The SMILES string of the molecule is CC1(C)CCc2cc(Br)ccc2C1(C)C. The van der Waals surface area contributed by atoms with Crippen molar-refractivity contribution >= 4 is 15.9 Å². The number of halogens is 1. The van der Waals surface area contributed by atoms with Gasteiger partial charge in [0.15, 0.2) is 0 Å². The smallest absolute Gasteiger partial charge is 0.0178 e. The number of fused-ring (bicyclic) bond motifs is 1. The van der Waals surface area contributed by atoms with Gasteiger partial charge >= 0.3 is 0 Å². The van der Waals surface area contributed by atoms with Crippen LogP contribution in [-0.2, 0) is 11.8 Å². The van der Waals surface area contributed by atoms with E-state index in [9.17, 15) is 0 Å². The number of hydrogen-bond acceptors (Lipinski definition) is 0. The van der Waals surface area contributed by atoms with Gasteiger partial charge in [-0.1, -0.05) is 49.7 Å². The van der Waals surface area contributed by atoms with Gasteiger partial charge in [-0.15, -0.1) is 0 Å². The van der Waals surface area contributed by atoms with Crippen molar-refractivity contribution in [2.24, 2.45) is 5.41 Å². The Labute approximate surface area is 101 Å². The summed E-state index contributed by atoms with van der Waals surface area (Å²) in [4.78, 5) is 0. The monoisotopic (exact) mass is 266 g/mol. The zero-order valence-corrected chi connectivity index (χ0v) is 11.6. The van der Waals surface area contributed by atoms with E-state index in [1.165, 1.54) is 28.4 Å². The van der Waals surface area contributed by atoms with Crippen LogP contribution in [-0.4, -0.2) is 0 Å². The number of hydrogen-bond donors (Lipinski definition) is 0. The molecule has 0 spiro atoms. The molecule has 0 unspecified atom stereocenters. The fraction of sp³-hybridized carbons (Fsp3) is 0.571. The van der Waals surface area contributed by atoms with E-state index in [-0.39, 0.29) is 5.41 Å². The Hall–Kier alpha value is -0.300. The van der Waals surface area contributed by atoms with Crippen LogP contribution >= 0.6 is 15.9 Å². The third kappa shape index (κ3) is 1.65. The first kappa shape index (κ1) is 11.2. The standard InChI is InChI=1S/C14H19Br/c1-13(2)8-7-10-9-11(15)5-6-12(10)14(13,3)4/h5-6,9H,7-8H2,1-4H3. The van der Waals surface area contributed by atoms with Crippen molar-refractivity contribution in [1.82, 2.24) is 0 Å². The minimum absolute atomic E-state index is 0.279. The molecule has 0 aromatic heterocycles. The van der Waals surface area contributed by atoms with Gasteiger partial charge in [-0.3, -0.25) is 0 Å². The second-order valence-corrected chi connectivity index (χ2v) is 6.73. The Morgan fingerprint density at radius 3 is 2.47 bits per heavy atom. The number of rotatable bonds is 0. The van der Waals surface area contributed by atoms with Crippen molar-refractivity contribution in [3.05, 3.63) is 33.8 Å². The minimum Gasteiger partial charge on any atom is -0.0591 e. The van der Waals surface area contributed by atoms with E-state index in [2.05, 4.69) is 61.8 Å². The number of aryl methyl sites for hydroxylation is 1. The second-order valence-electron chi connectivity index (χ2n) is 5.81. The molecule has 0 atom stereocenters. The molecule has 1 aromatic rings. The molecule has 0 bridgehead atoms. The van der Waals surface area contributed by atoms with E-state index in [0.29, 0.717) is 5.41 Å². The topological polar surface area (TPSA) is 0 Å². The maximum absolute atomic E-state index is 3.56. The Morgan fingerprint density at radius 2 is 1.80 bits per heavy atom. The van der Waals surface area contributed by atoms with Crippen LogP contribution in [0.1, 0.15) is 45.2 Å². The highest BCUT2D eigenvalue weighted by Gasteiger charge is 2.42. The highest BCUT2D eigenvalue weighted by atomic mass is 79.9. The highest BCUT2D eigenvalue weighted by Crippen LogP contribution is 2.49. The molecule has 1 aromatic carbocycles. The minimum atomic E-state index is 0.279. The second kappa shape index (κ2) is 3.35. The predicted octanol–water partition coefficient (Wildman–Crippen LogP) is 4.70. The zero-order valence-electron chi connectivity index (χ0n) is 10.0. The van der Waals surface area contributed by atoms with Gasteiger partial charge in [0.25, 0.3) is 0 Å². The molecule has 2 rings (SSSR count). The molecule has 0 N–H and O–H groups in total. The van der Waals surface area contributed by atoms with E-state index >= 15 is 0 Å². The van der Waals surface area contributed by atoms with Crippen LogP contribution in [0.4, 0.5) is 0 Å². The summed E-state index contributed by atoms with van der Waals surface area (Å²) in [5.74, 6) is 0. The molecule has 1 aliphatic rings. The Bertz CT molecular complexity index is 388. The van der Waals surface area contributed by atoms with Gasteiger partial charge in [0.1, 0.15) is 0 Å². The third-order valence-corrected chi connectivity index (χ3v) is 4.95. The summed E-state index contributed by atoms with van der Waals surface area (Å²) in [6.07, 6.45) is 2.49. The lowest BCUT2D eigenvalue weighted by molar-refractivity contribution is 0.165. The summed E-state index contributed by atoms with van der Waals surface area (Å²) in [5, 5.41) is 0. The summed E-state index contributed by atoms with van der Waals surface area (Å²) in [6, 6.07) is 6.74. The van der Waals surface area contributed by atoms with Crippen LogP contribution in [0.25, 0.3) is 0 Å². The van der Waals surface area contributed by atoms with E-state index in [0.717, 1.165) is 0 Å². The van der Waals surface area contributed by atoms with Gasteiger partial charge in [0, 0.05) is 4.47 Å². The Morgan fingerprint density at radius 1 is 1.13 bits per heavy atom. The number of benzene rings is 1. The van der Waals surface area contributed by atoms with E-state index < -0.39 is 0 Å². The third-order valence-electron chi connectivity index (χ3n) is 4.45. The summed E-state index contributed by atoms with van der Waals surface area (Å²) in [5.41, 5.74) is 3.73. The summed E-state index contributed by atoms with van der Waals surface area (Å²) >= 11 is 3.56. The molecule has 0 nitrogen and oxygen atoms in total. The lowest BCUT2D eigenvalue weighted by Gasteiger charge is -2.47. The van der Waals surface area contributed by atoms with Crippen molar-refractivity contribution in [1.29, 1.82) is 0 Å². The van der Waals surface area contributed by atoms with Crippen LogP contribution < -0.4 is 0 Å². The predicted molar refractivity (Wildman–Crippen MR) is 69.3 cm³/mol. The molecular weight excluding hydrogens is 248 g/mol. The molecule has 0 heterocycles. The van der Waals surface area contributed by atoms with Gasteiger partial charge in [-0.2, -0.15) is 0 Å². The van der Waals surface area contributed by atoms with Gasteiger partial charge in [-0.25, -0.2) is 0 Å². The van der Waals surface area contributed by atoms with E-state index in [4.69, 9.17) is 0 Å². The fourth-order valence-electron chi connectivity index (χ4n) is 2.50. The van der Waals surface area contributed by atoms with Crippen LogP contribution in [0.2, 0.25) is 0 Å². The quantitative estimate of drug-likeness (QED) is 0.639. The first-order valence-electron chi connectivity index (χ1n) is 5.63. The normalized spacial score (nSPS) is 22.2. The molecule has 0 saturated carbocycles. The van der Waals surface area contributed by atoms with Gasteiger partial charge in [0.05, 0.1) is 0 Å². The largest absolute Gasteiger partial charge is 0.0591 e. The average Bonchev–Trinajstić information content (AvgIpc) is 2.12. The van der Waals surface area contributed by atoms with Crippen LogP contribution in [0.3, 0.4) is 0 Å². The fourth-order valence-corrected chi connectivity index (χ4v) is 2.91. The van der Waals surface area contributed by atoms with Gasteiger partial charge < -0.3 is 0 Å². The van der Waals surface area contributed by atoms with Crippen molar-refractivity contribution in [2.45, 2.75) is 46.0 Å². The molecule has 1 aliphatic carbocycles. The maximum Gasteiger partial charge on any atom is 0.0178 e. The molecule has 0 saturated heterocycles. The summed E-state index contributed by atoms with van der Waals surface area (Å²) in [7, 11) is 0. The highest BCUT2D eigenvalue weighted by molar-refractivity contribution is 9.10. The zero-order chi connectivity index (χ0) is 11.3. The van der Waals surface area contributed by atoms with Gasteiger partial charge in [-0.05, 0) is 46.9 Å². The van der Waals surface area contributed by atoms with Crippen molar-refractivity contribution in [3.63, 3.8) is 0 Å². The van der Waals surface area contributed by atoms with E-state index in [1.807, 2.05) is 0 Å². The van der Waals surface area contributed by atoms with Crippen molar-refractivity contribution < 1.29 is 0 Å². The molecule has 15 heavy (non-hydrogen) atoms. The first-order chi connectivity index (χ1) is 6.84.